The Labute approximate surface area is 138 Å². The summed E-state index contributed by atoms with van der Waals surface area (Å²) in [6.45, 7) is 3.13. The van der Waals surface area contributed by atoms with E-state index in [0.29, 0.717) is 31.2 Å². The fourth-order valence-electron chi connectivity index (χ4n) is 2.93. The van der Waals surface area contributed by atoms with Crippen molar-refractivity contribution in [3.05, 3.63) is 59.0 Å². The summed E-state index contributed by atoms with van der Waals surface area (Å²) in [5.74, 6) is 0.519. The van der Waals surface area contributed by atoms with Crippen LogP contribution in [0.4, 0.5) is 5.82 Å². The molecule has 0 fully saturated rings. The third-order valence-electron chi connectivity index (χ3n) is 4.20. The summed E-state index contributed by atoms with van der Waals surface area (Å²) in [7, 11) is 0. The maximum Gasteiger partial charge on any atom is 0.292 e. The molecule has 1 aliphatic rings. The number of aryl methyl sites for hydroxylation is 1. The first kappa shape index (κ1) is 14.7. The smallest absolute Gasteiger partial charge is 0.292 e. The Balaban J connectivity index is 1.55. The van der Waals surface area contributed by atoms with Gasteiger partial charge < -0.3 is 14.5 Å². The minimum Gasteiger partial charge on any atom is -0.458 e. The van der Waals surface area contributed by atoms with E-state index in [2.05, 4.69) is 15.5 Å². The van der Waals surface area contributed by atoms with Gasteiger partial charge in [0.05, 0.1) is 25.2 Å². The number of anilines is 1. The molecule has 0 saturated heterocycles. The van der Waals surface area contributed by atoms with Gasteiger partial charge in [0.15, 0.2) is 11.6 Å². The fourth-order valence-corrected chi connectivity index (χ4v) is 2.93. The summed E-state index contributed by atoms with van der Waals surface area (Å²) in [6.07, 6.45) is 2.27. The van der Waals surface area contributed by atoms with Gasteiger partial charge in [0.1, 0.15) is 0 Å². The lowest BCUT2D eigenvalue weighted by molar-refractivity contribution is 0.0988. The normalized spacial score (nSPS) is 13.5. The van der Waals surface area contributed by atoms with E-state index < -0.39 is 0 Å². The van der Waals surface area contributed by atoms with Crippen molar-refractivity contribution in [3.63, 3.8) is 0 Å². The lowest BCUT2D eigenvalue weighted by atomic mass is 10.1. The molecule has 1 aromatic carbocycles. The number of nitrogens with zero attached hydrogens (tertiary/aromatic N) is 1. The van der Waals surface area contributed by atoms with Crippen LogP contribution >= 0.6 is 0 Å². The van der Waals surface area contributed by atoms with Crippen molar-refractivity contribution in [3.8, 4) is 11.3 Å². The highest BCUT2D eigenvalue weighted by atomic mass is 16.5. The molecule has 0 atom stereocenters. The standard InChI is InChI=1S/C18H17N3O3/c1-11-4-2-3-5-13(11)15-8-16(21-20-15)19-18(22)17-14-6-7-23-9-12(14)10-24-17/h2-5,8,10H,6-7,9H2,1H3,(H2,19,20,21,22). The zero-order valence-electron chi connectivity index (χ0n) is 13.3. The van der Waals surface area contributed by atoms with Crippen molar-refractivity contribution in [1.29, 1.82) is 0 Å². The lowest BCUT2D eigenvalue weighted by Crippen LogP contribution is -2.16. The second-order valence-electron chi connectivity index (χ2n) is 5.81. The van der Waals surface area contributed by atoms with Crippen molar-refractivity contribution in [2.75, 3.05) is 11.9 Å². The summed E-state index contributed by atoms with van der Waals surface area (Å²) in [4.78, 5) is 12.5. The number of furan rings is 1. The number of aromatic amines is 1. The highest BCUT2D eigenvalue weighted by Gasteiger charge is 2.23. The second-order valence-corrected chi connectivity index (χ2v) is 5.81. The van der Waals surface area contributed by atoms with Crippen LogP contribution in [0, 0.1) is 6.92 Å². The number of aromatic nitrogens is 2. The van der Waals surface area contributed by atoms with Crippen LogP contribution < -0.4 is 5.32 Å². The molecule has 0 aliphatic carbocycles. The molecule has 0 bridgehead atoms. The average molecular weight is 323 g/mol. The number of benzene rings is 1. The molecule has 0 radical (unpaired) electrons. The van der Waals surface area contributed by atoms with E-state index in [-0.39, 0.29) is 5.91 Å². The maximum absolute atomic E-state index is 12.5. The molecule has 4 rings (SSSR count). The van der Waals surface area contributed by atoms with Gasteiger partial charge in [0.2, 0.25) is 0 Å². The molecule has 2 N–H and O–H groups in total. The van der Waals surface area contributed by atoms with E-state index in [1.54, 1.807) is 6.26 Å². The molecule has 1 amide bonds. The van der Waals surface area contributed by atoms with Crippen LogP contribution in [0.2, 0.25) is 0 Å². The Kier molecular flexibility index (Phi) is 3.66. The quantitative estimate of drug-likeness (QED) is 0.775. The minimum atomic E-state index is -0.291. The molecule has 3 heterocycles. The topological polar surface area (TPSA) is 80.2 Å². The Hall–Kier alpha value is -2.86. The van der Waals surface area contributed by atoms with Crippen LogP contribution in [0.1, 0.15) is 27.2 Å². The predicted octanol–water partition coefficient (Wildman–Crippen LogP) is 3.30. The third-order valence-corrected chi connectivity index (χ3v) is 4.20. The van der Waals surface area contributed by atoms with Gasteiger partial charge in [0.25, 0.3) is 5.91 Å². The second kappa shape index (κ2) is 5.98. The Morgan fingerprint density at radius 3 is 3.08 bits per heavy atom. The highest BCUT2D eigenvalue weighted by molar-refractivity contribution is 6.03. The van der Waals surface area contributed by atoms with Crippen molar-refractivity contribution in [2.24, 2.45) is 0 Å². The van der Waals surface area contributed by atoms with Crippen LogP contribution in [-0.4, -0.2) is 22.7 Å². The summed E-state index contributed by atoms with van der Waals surface area (Å²) < 4.78 is 10.8. The van der Waals surface area contributed by atoms with Gasteiger partial charge in [-0.15, -0.1) is 0 Å². The van der Waals surface area contributed by atoms with E-state index in [1.165, 1.54) is 0 Å². The zero-order valence-corrected chi connectivity index (χ0v) is 13.3. The van der Waals surface area contributed by atoms with Gasteiger partial charge in [-0.3, -0.25) is 9.89 Å². The SMILES string of the molecule is Cc1ccccc1-c1cc(NC(=O)c2occ3c2CCOC3)n[nH]1. The molecule has 0 saturated carbocycles. The molecular formula is C18H17N3O3. The number of ether oxygens (including phenoxy) is 1. The maximum atomic E-state index is 12.5. The number of carbonyl (C=O) groups is 1. The largest absolute Gasteiger partial charge is 0.458 e. The van der Waals surface area contributed by atoms with Gasteiger partial charge in [-0.05, 0) is 12.5 Å². The van der Waals surface area contributed by atoms with Gasteiger partial charge in [-0.1, -0.05) is 24.3 Å². The number of hydrogen-bond acceptors (Lipinski definition) is 4. The number of hydrogen-bond donors (Lipinski definition) is 2. The van der Waals surface area contributed by atoms with Crippen LogP contribution in [0.5, 0.6) is 0 Å². The van der Waals surface area contributed by atoms with Gasteiger partial charge in [-0.2, -0.15) is 5.10 Å². The minimum absolute atomic E-state index is 0.291. The molecule has 24 heavy (non-hydrogen) atoms. The molecule has 3 aromatic rings. The first-order valence-corrected chi connectivity index (χ1v) is 7.82. The summed E-state index contributed by atoms with van der Waals surface area (Å²) >= 11 is 0. The van der Waals surface area contributed by atoms with E-state index in [9.17, 15) is 4.79 Å². The summed E-state index contributed by atoms with van der Waals surface area (Å²) in [6, 6.07) is 9.82. The lowest BCUT2D eigenvalue weighted by Gasteiger charge is -2.11. The van der Waals surface area contributed by atoms with Crippen molar-refractivity contribution in [2.45, 2.75) is 20.0 Å². The molecule has 6 nitrogen and oxygen atoms in total. The Morgan fingerprint density at radius 1 is 1.33 bits per heavy atom. The van der Waals surface area contributed by atoms with Gasteiger partial charge in [-0.25, -0.2) is 0 Å². The predicted molar refractivity (Wildman–Crippen MR) is 88.8 cm³/mol. The summed E-state index contributed by atoms with van der Waals surface area (Å²) in [5, 5.41) is 9.92. The molecule has 0 spiro atoms. The number of H-pyrrole nitrogens is 1. The summed E-state index contributed by atoms with van der Waals surface area (Å²) in [5.41, 5.74) is 4.91. The number of carbonyl (C=O) groups excluding carboxylic acids is 1. The fraction of sp³-hybridized carbons (Fsp3) is 0.222. The molecule has 122 valence electrons. The monoisotopic (exact) mass is 323 g/mol. The van der Waals surface area contributed by atoms with E-state index in [0.717, 1.165) is 27.9 Å². The van der Waals surface area contributed by atoms with Crippen LogP contribution in [0.25, 0.3) is 11.3 Å². The van der Waals surface area contributed by atoms with Crippen LogP contribution in [0.3, 0.4) is 0 Å². The van der Waals surface area contributed by atoms with Crippen molar-refractivity contribution >= 4 is 11.7 Å². The molecule has 2 aromatic heterocycles. The first-order chi connectivity index (χ1) is 11.7. The molecule has 1 aliphatic heterocycles. The Morgan fingerprint density at radius 2 is 2.21 bits per heavy atom. The van der Waals surface area contributed by atoms with Crippen LogP contribution in [-0.2, 0) is 17.8 Å². The molecular weight excluding hydrogens is 306 g/mol. The Bertz CT molecular complexity index is 895. The van der Waals surface area contributed by atoms with E-state index >= 15 is 0 Å². The first-order valence-electron chi connectivity index (χ1n) is 7.82. The van der Waals surface area contributed by atoms with Gasteiger partial charge in [0, 0.05) is 29.2 Å². The van der Waals surface area contributed by atoms with E-state index in [1.807, 2.05) is 37.3 Å². The number of fused-ring (bicyclic) bond motifs is 1. The highest BCUT2D eigenvalue weighted by Crippen LogP contribution is 2.25. The number of amides is 1. The van der Waals surface area contributed by atoms with Crippen molar-refractivity contribution < 1.29 is 13.9 Å². The molecule has 6 heteroatoms. The number of nitrogens with one attached hydrogen (secondary N) is 2. The van der Waals surface area contributed by atoms with Crippen molar-refractivity contribution in [1.82, 2.24) is 10.2 Å². The average Bonchev–Trinajstić information content (AvgIpc) is 3.22. The van der Waals surface area contributed by atoms with E-state index in [4.69, 9.17) is 9.15 Å². The molecule has 0 unspecified atom stereocenters. The van der Waals surface area contributed by atoms with Crippen LogP contribution in [0.15, 0.2) is 41.0 Å². The third kappa shape index (κ3) is 2.61. The zero-order chi connectivity index (χ0) is 16.5. The number of rotatable bonds is 3. The van der Waals surface area contributed by atoms with Gasteiger partial charge >= 0.3 is 0 Å².